The molecule has 0 aliphatic heterocycles. The van der Waals surface area contributed by atoms with Gasteiger partial charge in [0.05, 0.1) is 11.0 Å². The molecule has 0 saturated carbocycles. The monoisotopic (exact) mass is 271 g/mol. The lowest BCUT2D eigenvalue weighted by Gasteiger charge is -2.27. The van der Waals surface area contributed by atoms with Crippen LogP contribution in [0.2, 0.25) is 0 Å². The van der Waals surface area contributed by atoms with Crippen molar-refractivity contribution < 1.29 is 13.2 Å². The molecule has 0 aliphatic carbocycles. The van der Waals surface area contributed by atoms with Crippen LogP contribution in [-0.2, 0) is 12.1 Å². The molecule has 0 spiro atoms. The molecular formula is C13H16F3N3. The summed E-state index contributed by atoms with van der Waals surface area (Å²) in [6.45, 7) is 4.98. The Morgan fingerprint density at radius 2 is 1.95 bits per heavy atom. The number of aryl methyl sites for hydroxylation is 2. The fourth-order valence-corrected chi connectivity index (χ4v) is 2.08. The second-order valence-electron chi connectivity index (χ2n) is 4.87. The number of rotatable bonds is 2. The zero-order valence-electron chi connectivity index (χ0n) is 11.0. The smallest absolute Gasteiger partial charge is 0.326 e. The molecule has 0 aliphatic rings. The normalized spacial score (nSPS) is 15.7. The van der Waals surface area contributed by atoms with Crippen molar-refractivity contribution >= 4 is 11.0 Å². The van der Waals surface area contributed by atoms with E-state index in [2.05, 4.69) is 4.98 Å². The molecular weight excluding hydrogens is 255 g/mol. The number of nitrogens with zero attached hydrogens (tertiary/aromatic N) is 2. The molecule has 1 aromatic carbocycles. The highest BCUT2D eigenvalue weighted by molar-refractivity contribution is 5.77. The lowest BCUT2D eigenvalue weighted by molar-refractivity contribution is -0.186. The molecule has 0 radical (unpaired) electrons. The van der Waals surface area contributed by atoms with Gasteiger partial charge in [0.15, 0.2) is 5.54 Å². The van der Waals surface area contributed by atoms with Crippen LogP contribution in [0.3, 0.4) is 0 Å². The third-order valence-electron chi connectivity index (χ3n) is 3.27. The summed E-state index contributed by atoms with van der Waals surface area (Å²) in [5, 5.41) is 0. The number of halogens is 3. The van der Waals surface area contributed by atoms with Crippen LogP contribution in [0, 0.1) is 6.92 Å². The number of benzene rings is 1. The first-order valence-corrected chi connectivity index (χ1v) is 6.01. The first-order chi connectivity index (χ1) is 8.68. The number of alkyl halides is 3. The second kappa shape index (κ2) is 4.23. The van der Waals surface area contributed by atoms with Crippen molar-refractivity contribution in [3.63, 3.8) is 0 Å². The zero-order chi connectivity index (χ0) is 14.4. The summed E-state index contributed by atoms with van der Waals surface area (Å²) in [6, 6.07) is 5.38. The molecule has 1 heterocycles. The molecule has 1 unspecified atom stereocenters. The van der Waals surface area contributed by atoms with E-state index < -0.39 is 11.7 Å². The van der Waals surface area contributed by atoms with Gasteiger partial charge in [-0.1, -0.05) is 6.07 Å². The quantitative estimate of drug-likeness (QED) is 0.912. The molecule has 19 heavy (non-hydrogen) atoms. The van der Waals surface area contributed by atoms with Gasteiger partial charge in [-0.3, -0.25) is 0 Å². The third kappa shape index (κ3) is 2.10. The summed E-state index contributed by atoms with van der Waals surface area (Å²) in [4.78, 5) is 4.10. The van der Waals surface area contributed by atoms with E-state index in [0.29, 0.717) is 17.6 Å². The number of fused-ring (bicyclic) bond motifs is 1. The van der Waals surface area contributed by atoms with Gasteiger partial charge in [-0.15, -0.1) is 0 Å². The van der Waals surface area contributed by atoms with Gasteiger partial charge in [-0.05, 0) is 38.5 Å². The molecule has 2 aromatic rings. The van der Waals surface area contributed by atoms with E-state index in [-0.39, 0.29) is 5.82 Å². The molecule has 3 nitrogen and oxygen atoms in total. The summed E-state index contributed by atoms with van der Waals surface area (Å²) < 4.78 is 40.7. The van der Waals surface area contributed by atoms with Crippen LogP contribution < -0.4 is 5.73 Å². The SMILES string of the molecule is CCn1c(C(C)(N)C(F)(F)F)nc2cc(C)ccc21. The maximum Gasteiger partial charge on any atom is 0.413 e. The van der Waals surface area contributed by atoms with Gasteiger partial charge in [-0.2, -0.15) is 13.2 Å². The first kappa shape index (κ1) is 13.9. The maximum absolute atomic E-state index is 13.1. The maximum atomic E-state index is 13.1. The summed E-state index contributed by atoms with van der Waals surface area (Å²) >= 11 is 0. The fraction of sp³-hybridized carbons (Fsp3) is 0.462. The Kier molecular flexibility index (Phi) is 3.09. The van der Waals surface area contributed by atoms with E-state index >= 15 is 0 Å². The highest BCUT2D eigenvalue weighted by Crippen LogP contribution is 2.37. The Labute approximate surface area is 109 Å². The van der Waals surface area contributed by atoms with Crippen molar-refractivity contribution in [3.05, 3.63) is 29.6 Å². The predicted molar refractivity (Wildman–Crippen MR) is 67.7 cm³/mol. The van der Waals surface area contributed by atoms with Crippen LogP contribution in [0.4, 0.5) is 13.2 Å². The highest BCUT2D eigenvalue weighted by atomic mass is 19.4. The lowest BCUT2D eigenvalue weighted by Crippen LogP contribution is -2.49. The van der Waals surface area contributed by atoms with E-state index in [1.165, 1.54) is 4.57 Å². The number of aromatic nitrogens is 2. The Hall–Kier alpha value is -1.56. The zero-order valence-corrected chi connectivity index (χ0v) is 11.0. The summed E-state index contributed by atoms with van der Waals surface area (Å²) in [5.41, 5.74) is 5.18. The van der Waals surface area contributed by atoms with E-state index in [0.717, 1.165) is 12.5 Å². The third-order valence-corrected chi connectivity index (χ3v) is 3.27. The van der Waals surface area contributed by atoms with Crippen molar-refractivity contribution in [2.24, 2.45) is 5.73 Å². The number of nitrogens with two attached hydrogens (primary N) is 1. The number of hydrogen-bond acceptors (Lipinski definition) is 2. The fourth-order valence-electron chi connectivity index (χ4n) is 2.08. The average molecular weight is 271 g/mol. The molecule has 1 atom stereocenters. The Bertz CT molecular complexity index is 611. The van der Waals surface area contributed by atoms with E-state index in [1.807, 2.05) is 13.0 Å². The van der Waals surface area contributed by atoms with Crippen molar-refractivity contribution in [3.8, 4) is 0 Å². The molecule has 0 amide bonds. The average Bonchev–Trinajstić information content (AvgIpc) is 2.65. The van der Waals surface area contributed by atoms with Crippen LogP contribution in [0.1, 0.15) is 25.2 Å². The summed E-state index contributed by atoms with van der Waals surface area (Å²) in [5.74, 6) is -0.150. The molecule has 0 bridgehead atoms. The minimum absolute atomic E-state index is 0.150. The molecule has 2 rings (SSSR count). The van der Waals surface area contributed by atoms with Gasteiger partial charge in [0.2, 0.25) is 0 Å². The summed E-state index contributed by atoms with van der Waals surface area (Å²) in [6.07, 6.45) is -4.55. The standard InChI is InChI=1S/C13H16F3N3/c1-4-19-10-6-5-8(2)7-9(10)18-11(19)12(3,17)13(14,15)16/h5-7H,4,17H2,1-3H3. The lowest BCUT2D eigenvalue weighted by atomic mass is 10.0. The molecule has 6 heteroatoms. The predicted octanol–water partition coefficient (Wildman–Crippen LogP) is 3.10. The summed E-state index contributed by atoms with van der Waals surface area (Å²) in [7, 11) is 0. The highest BCUT2D eigenvalue weighted by Gasteiger charge is 2.52. The number of imidazole rings is 1. The van der Waals surface area contributed by atoms with Crippen LogP contribution in [0.25, 0.3) is 11.0 Å². The second-order valence-corrected chi connectivity index (χ2v) is 4.87. The van der Waals surface area contributed by atoms with Gasteiger partial charge in [0.25, 0.3) is 0 Å². The minimum atomic E-state index is -4.55. The van der Waals surface area contributed by atoms with E-state index in [1.54, 1.807) is 19.1 Å². The van der Waals surface area contributed by atoms with Gasteiger partial charge in [0, 0.05) is 6.54 Å². The van der Waals surface area contributed by atoms with Crippen molar-refractivity contribution in [1.82, 2.24) is 9.55 Å². The Morgan fingerprint density at radius 1 is 1.32 bits per heavy atom. The Balaban J connectivity index is 2.74. The van der Waals surface area contributed by atoms with Crippen LogP contribution in [-0.4, -0.2) is 15.7 Å². The Morgan fingerprint density at radius 3 is 2.47 bits per heavy atom. The van der Waals surface area contributed by atoms with E-state index in [4.69, 9.17) is 5.73 Å². The minimum Gasteiger partial charge on any atom is -0.326 e. The largest absolute Gasteiger partial charge is 0.413 e. The van der Waals surface area contributed by atoms with Gasteiger partial charge >= 0.3 is 6.18 Å². The molecule has 0 saturated heterocycles. The molecule has 0 fully saturated rings. The van der Waals surface area contributed by atoms with Crippen LogP contribution in [0.5, 0.6) is 0 Å². The van der Waals surface area contributed by atoms with Gasteiger partial charge < -0.3 is 10.3 Å². The van der Waals surface area contributed by atoms with Gasteiger partial charge in [0.1, 0.15) is 5.82 Å². The molecule has 1 aromatic heterocycles. The van der Waals surface area contributed by atoms with Crippen LogP contribution in [0.15, 0.2) is 18.2 Å². The van der Waals surface area contributed by atoms with Crippen molar-refractivity contribution in [1.29, 1.82) is 0 Å². The number of hydrogen-bond donors (Lipinski definition) is 1. The van der Waals surface area contributed by atoms with Crippen LogP contribution >= 0.6 is 0 Å². The van der Waals surface area contributed by atoms with Gasteiger partial charge in [-0.25, -0.2) is 4.98 Å². The first-order valence-electron chi connectivity index (χ1n) is 6.01. The van der Waals surface area contributed by atoms with Crippen molar-refractivity contribution in [2.75, 3.05) is 0 Å². The van der Waals surface area contributed by atoms with Crippen molar-refractivity contribution in [2.45, 2.75) is 39.0 Å². The molecule has 2 N–H and O–H groups in total. The van der Waals surface area contributed by atoms with E-state index in [9.17, 15) is 13.2 Å². The topological polar surface area (TPSA) is 43.8 Å². The molecule has 104 valence electrons.